The van der Waals surface area contributed by atoms with E-state index in [9.17, 15) is 18.4 Å². The summed E-state index contributed by atoms with van der Waals surface area (Å²) in [6.45, 7) is 1.44. The number of hydrogen-bond donors (Lipinski definition) is 2. The Morgan fingerprint density at radius 1 is 1.21 bits per heavy atom. The number of methoxy groups -OCH3 is 1. The fraction of sp³-hybridized carbons (Fsp3) is 0.360. The number of imide groups is 1. The Morgan fingerprint density at radius 3 is 2.68 bits per heavy atom. The van der Waals surface area contributed by atoms with Crippen LogP contribution < -0.4 is 10.1 Å². The van der Waals surface area contributed by atoms with Gasteiger partial charge < -0.3 is 15.0 Å². The van der Waals surface area contributed by atoms with E-state index in [1.807, 2.05) is 48.5 Å². The molecule has 7 nitrogen and oxygen atoms in total. The highest BCUT2D eigenvalue weighted by Crippen LogP contribution is 2.48. The van der Waals surface area contributed by atoms with Gasteiger partial charge >= 0.3 is 6.03 Å². The van der Waals surface area contributed by atoms with Crippen LogP contribution in [0.3, 0.4) is 0 Å². The van der Waals surface area contributed by atoms with Crippen molar-refractivity contribution in [3.63, 3.8) is 0 Å². The Labute approximate surface area is 195 Å². The molecule has 178 valence electrons. The van der Waals surface area contributed by atoms with Gasteiger partial charge in [0.2, 0.25) is 0 Å². The van der Waals surface area contributed by atoms with Crippen molar-refractivity contribution in [1.82, 2.24) is 20.1 Å². The first-order chi connectivity index (χ1) is 16.3. The van der Waals surface area contributed by atoms with Crippen molar-refractivity contribution in [1.29, 1.82) is 0 Å². The second kappa shape index (κ2) is 8.39. The van der Waals surface area contributed by atoms with Gasteiger partial charge in [-0.2, -0.15) is 0 Å². The van der Waals surface area contributed by atoms with Gasteiger partial charge in [-0.15, -0.1) is 0 Å². The number of nitrogens with zero attached hydrogens (tertiary/aromatic N) is 2. The number of fused-ring (bicyclic) bond motifs is 4. The summed E-state index contributed by atoms with van der Waals surface area (Å²) in [6, 6.07) is 14.4. The van der Waals surface area contributed by atoms with Gasteiger partial charge in [0.05, 0.1) is 13.7 Å². The molecule has 1 fully saturated rings. The summed E-state index contributed by atoms with van der Waals surface area (Å²) in [6.07, 6.45) is -2.16. The number of carbonyl (C=O) groups is 2. The molecule has 3 heterocycles. The van der Waals surface area contributed by atoms with E-state index in [1.54, 1.807) is 18.9 Å². The highest BCUT2D eigenvalue weighted by atomic mass is 19.3. The molecule has 2 N–H and O–H groups in total. The van der Waals surface area contributed by atoms with Crippen LogP contribution in [-0.2, 0) is 11.2 Å². The minimum Gasteiger partial charge on any atom is -0.497 e. The number of urea groups is 1. The molecule has 0 bridgehead atoms. The maximum atomic E-state index is 13.6. The molecule has 2 aliphatic heterocycles. The van der Waals surface area contributed by atoms with E-state index in [2.05, 4.69) is 10.3 Å². The Balaban J connectivity index is 1.60. The van der Waals surface area contributed by atoms with Gasteiger partial charge in [0.15, 0.2) is 0 Å². The minimum absolute atomic E-state index is 0.0283. The van der Waals surface area contributed by atoms with Crippen molar-refractivity contribution >= 4 is 22.8 Å². The van der Waals surface area contributed by atoms with Gasteiger partial charge in [0.25, 0.3) is 12.3 Å². The number of aromatic amines is 1. The number of nitrogens with one attached hydrogen (secondary N) is 2. The molecular formula is C25H26F2N4O3. The molecule has 1 aromatic heterocycles. The van der Waals surface area contributed by atoms with E-state index in [-0.39, 0.29) is 19.0 Å². The first-order valence-corrected chi connectivity index (χ1v) is 11.2. The van der Waals surface area contributed by atoms with Crippen molar-refractivity contribution in [2.24, 2.45) is 0 Å². The molecule has 5 rings (SSSR count). The predicted molar refractivity (Wildman–Crippen MR) is 123 cm³/mol. The minimum atomic E-state index is -2.49. The summed E-state index contributed by atoms with van der Waals surface area (Å²) in [7, 11) is 1.61. The molecule has 2 atom stereocenters. The second-order valence-electron chi connectivity index (χ2n) is 8.90. The van der Waals surface area contributed by atoms with Crippen LogP contribution in [0.5, 0.6) is 5.75 Å². The third-order valence-corrected chi connectivity index (χ3v) is 6.80. The van der Waals surface area contributed by atoms with E-state index < -0.39 is 30.6 Å². The normalized spacial score (nSPS) is 22.0. The predicted octanol–water partition coefficient (Wildman–Crippen LogP) is 3.70. The Hall–Kier alpha value is -3.46. The van der Waals surface area contributed by atoms with Crippen LogP contribution in [0.15, 0.2) is 48.5 Å². The molecule has 9 heteroatoms. The lowest BCUT2D eigenvalue weighted by molar-refractivity contribution is -0.133. The van der Waals surface area contributed by atoms with Crippen LogP contribution in [-0.4, -0.2) is 65.4 Å². The van der Waals surface area contributed by atoms with E-state index >= 15 is 0 Å². The summed E-state index contributed by atoms with van der Waals surface area (Å²) >= 11 is 0. The average Bonchev–Trinajstić information content (AvgIpc) is 3.27. The van der Waals surface area contributed by atoms with Gasteiger partial charge in [0.1, 0.15) is 17.3 Å². The zero-order valence-electron chi connectivity index (χ0n) is 19.0. The fourth-order valence-corrected chi connectivity index (χ4v) is 5.20. The molecule has 0 aliphatic carbocycles. The van der Waals surface area contributed by atoms with Crippen LogP contribution in [0, 0.1) is 0 Å². The summed E-state index contributed by atoms with van der Waals surface area (Å²) in [5.74, 6) is 0.388. The number of ether oxygens (including phenoxy) is 1. The third-order valence-electron chi connectivity index (χ3n) is 6.80. The van der Waals surface area contributed by atoms with Crippen LogP contribution in [0.1, 0.15) is 29.8 Å². The quantitative estimate of drug-likeness (QED) is 0.410. The Morgan fingerprint density at radius 2 is 1.97 bits per heavy atom. The molecule has 0 spiro atoms. The molecule has 2 aromatic carbocycles. The molecule has 2 aliphatic rings. The third kappa shape index (κ3) is 3.42. The number of benzene rings is 2. The van der Waals surface area contributed by atoms with Crippen LogP contribution >= 0.6 is 0 Å². The SMILES string of the molecule is COc1ccc2[nH]c3c(c2c1)CC1(C)C(=O)N(CCNCC(F)F)C(=O)N1C3c1ccccc1. The van der Waals surface area contributed by atoms with Gasteiger partial charge in [-0.25, -0.2) is 13.6 Å². The largest absolute Gasteiger partial charge is 0.497 e. The second-order valence-corrected chi connectivity index (χ2v) is 8.90. The molecule has 3 amide bonds. The molecule has 3 aromatic rings. The van der Waals surface area contributed by atoms with Crippen molar-refractivity contribution in [2.75, 3.05) is 26.7 Å². The number of aromatic nitrogens is 1. The first-order valence-electron chi connectivity index (χ1n) is 11.2. The summed E-state index contributed by atoms with van der Waals surface area (Å²) < 4.78 is 30.4. The molecule has 2 unspecified atom stereocenters. The number of alkyl halides is 2. The van der Waals surface area contributed by atoms with Crippen molar-refractivity contribution in [3.8, 4) is 5.75 Å². The average molecular weight is 469 g/mol. The monoisotopic (exact) mass is 468 g/mol. The van der Waals surface area contributed by atoms with E-state index in [1.165, 1.54) is 4.90 Å². The number of amides is 3. The number of H-pyrrole nitrogens is 1. The number of rotatable bonds is 7. The summed E-state index contributed by atoms with van der Waals surface area (Å²) in [4.78, 5) is 33.5. The van der Waals surface area contributed by atoms with Crippen LogP contribution in [0.4, 0.5) is 13.6 Å². The highest BCUT2D eigenvalue weighted by Gasteiger charge is 2.60. The maximum Gasteiger partial charge on any atom is 0.328 e. The zero-order chi connectivity index (χ0) is 24.0. The lowest BCUT2D eigenvalue weighted by Gasteiger charge is -2.42. The van der Waals surface area contributed by atoms with Crippen molar-refractivity contribution in [3.05, 3.63) is 65.4 Å². The van der Waals surface area contributed by atoms with Crippen LogP contribution in [0.2, 0.25) is 0 Å². The van der Waals surface area contributed by atoms with Gasteiger partial charge in [-0.05, 0) is 36.2 Å². The van der Waals surface area contributed by atoms with Gasteiger partial charge in [-0.3, -0.25) is 14.6 Å². The van der Waals surface area contributed by atoms with Gasteiger partial charge in [0, 0.05) is 36.1 Å². The molecule has 0 saturated carbocycles. The van der Waals surface area contributed by atoms with E-state index in [0.717, 1.165) is 27.7 Å². The van der Waals surface area contributed by atoms with Crippen molar-refractivity contribution < 1.29 is 23.1 Å². The fourth-order valence-electron chi connectivity index (χ4n) is 5.20. The molecule has 1 saturated heterocycles. The standard InChI is InChI=1S/C25H26F2N4O3/c1-25-13-18-17-12-16(34-2)8-9-19(17)29-21(18)22(15-6-4-3-5-7-15)31(25)24(33)30(23(25)32)11-10-28-14-20(26)27/h3-9,12,20,22,28-29H,10-11,13-14H2,1-2H3. The van der Waals surface area contributed by atoms with Crippen molar-refractivity contribution in [2.45, 2.75) is 31.4 Å². The summed E-state index contributed by atoms with van der Waals surface area (Å²) in [5, 5.41) is 3.56. The molecule has 0 radical (unpaired) electrons. The Bertz CT molecular complexity index is 1250. The highest BCUT2D eigenvalue weighted by molar-refractivity contribution is 6.08. The molecule has 34 heavy (non-hydrogen) atoms. The summed E-state index contributed by atoms with van der Waals surface area (Å²) in [5.41, 5.74) is 2.52. The van der Waals surface area contributed by atoms with E-state index in [4.69, 9.17) is 4.74 Å². The smallest absolute Gasteiger partial charge is 0.328 e. The maximum absolute atomic E-state index is 13.6. The number of halogens is 2. The number of carbonyl (C=O) groups excluding carboxylic acids is 2. The number of hydrogen-bond acceptors (Lipinski definition) is 4. The topological polar surface area (TPSA) is 77.7 Å². The van der Waals surface area contributed by atoms with Gasteiger partial charge in [-0.1, -0.05) is 30.3 Å². The first kappa shape index (κ1) is 22.3. The molecular weight excluding hydrogens is 442 g/mol. The van der Waals surface area contributed by atoms with Crippen LogP contribution in [0.25, 0.3) is 10.9 Å². The zero-order valence-corrected chi connectivity index (χ0v) is 19.0. The lowest BCUT2D eigenvalue weighted by Crippen LogP contribution is -2.53. The van der Waals surface area contributed by atoms with E-state index in [0.29, 0.717) is 12.2 Å². The Kier molecular flexibility index (Phi) is 5.51. The lowest BCUT2D eigenvalue weighted by atomic mass is 9.81.